The summed E-state index contributed by atoms with van der Waals surface area (Å²) in [5.74, 6) is -0.0262. The molecule has 166 valence electrons. The number of piperidine rings is 1. The van der Waals surface area contributed by atoms with Crippen LogP contribution in [0.4, 0.5) is 19.1 Å². The van der Waals surface area contributed by atoms with Crippen LogP contribution in [0.25, 0.3) is 0 Å². The SMILES string of the molecule is CC(CO)Cn1cc(S(=O)(=O)N2CCC(Nc3ncc(C(F)(F)F)cn3)CC2)nn1. The van der Waals surface area contributed by atoms with E-state index in [-0.39, 0.29) is 42.6 Å². The van der Waals surface area contributed by atoms with E-state index in [0.717, 1.165) is 0 Å². The van der Waals surface area contributed by atoms with Crippen molar-refractivity contribution in [3.8, 4) is 0 Å². The van der Waals surface area contributed by atoms with Crippen molar-refractivity contribution in [3.05, 3.63) is 24.2 Å². The van der Waals surface area contributed by atoms with Crippen LogP contribution < -0.4 is 5.32 Å². The number of nitrogens with zero attached hydrogens (tertiary/aromatic N) is 6. The fourth-order valence-electron chi connectivity index (χ4n) is 2.97. The van der Waals surface area contributed by atoms with E-state index >= 15 is 0 Å². The Morgan fingerprint density at radius 3 is 2.47 bits per heavy atom. The zero-order valence-electron chi connectivity index (χ0n) is 16.1. The van der Waals surface area contributed by atoms with Gasteiger partial charge in [-0.05, 0) is 18.8 Å². The molecule has 0 spiro atoms. The quantitative estimate of drug-likeness (QED) is 0.641. The molecule has 0 radical (unpaired) electrons. The molecule has 0 bridgehead atoms. The number of aliphatic hydroxyl groups excluding tert-OH is 1. The molecule has 0 aliphatic carbocycles. The van der Waals surface area contributed by atoms with Gasteiger partial charge in [0, 0.05) is 44.7 Å². The average molecular weight is 449 g/mol. The molecule has 2 aromatic heterocycles. The van der Waals surface area contributed by atoms with Crippen LogP contribution in [0.15, 0.2) is 23.6 Å². The van der Waals surface area contributed by atoms with E-state index in [4.69, 9.17) is 5.11 Å². The van der Waals surface area contributed by atoms with Gasteiger partial charge in [0.05, 0.1) is 11.8 Å². The Kier molecular flexibility index (Phi) is 6.57. The molecule has 14 heteroatoms. The fourth-order valence-corrected chi connectivity index (χ4v) is 4.32. The molecule has 1 aliphatic rings. The molecule has 2 aromatic rings. The summed E-state index contributed by atoms with van der Waals surface area (Å²) in [5.41, 5.74) is -0.935. The molecule has 30 heavy (non-hydrogen) atoms. The number of aliphatic hydroxyl groups is 1. The van der Waals surface area contributed by atoms with E-state index < -0.39 is 21.8 Å². The lowest BCUT2D eigenvalue weighted by Crippen LogP contribution is -2.42. The van der Waals surface area contributed by atoms with Crippen LogP contribution in [0, 0.1) is 5.92 Å². The maximum Gasteiger partial charge on any atom is 0.419 e. The molecule has 0 saturated carbocycles. The van der Waals surface area contributed by atoms with Crippen molar-refractivity contribution in [2.24, 2.45) is 5.92 Å². The van der Waals surface area contributed by atoms with Crippen LogP contribution in [0.2, 0.25) is 0 Å². The predicted octanol–water partition coefficient (Wildman–Crippen LogP) is 0.981. The molecule has 1 aliphatic heterocycles. The topological polar surface area (TPSA) is 126 Å². The van der Waals surface area contributed by atoms with Crippen molar-refractivity contribution in [2.75, 3.05) is 25.0 Å². The van der Waals surface area contributed by atoms with Gasteiger partial charge in [-0.2, -0.15) is 17.5 Å². The Hall–Kier alpha value is -2.32. The van der Waals surface area contributed by atoms with E-state index in [1.54, 1.807) is 6.92 Å². The first kappa shape index (κ1) is 22.4. The van der Waals surface area contributed by atoms with Crippen molar-refractivity contribution in [1.29, 1.82) is 0 Å². The molecule has 2 N–H and O–H groups in total. The second-order valence-electron chi connectivity index (χ2n) is 7.18. The molecule has 0 aromatic carbocycles. The van der Waals surface area contributed by atoms with Crippen molar-refractivity contribution >= 4 is 16.0 Å². The summed E-state index contributed by atoms with van der Waals surface area (Å²) in [6.07, 6.45) is -0.900. The Labute approximate surface area is 171 Å². The smallest absolute Gasteiger partial charge is 0.396 e. The summed E-state index contributed by atoms with van der Waals surface area (Å²) < 4.78 is 65.9. The summed E-state index contributed by atoms with van der Waals surface area (Å²) in [6.45, 7) is 2.51. The highest BCUT2D eigenvalue weighted by molar-refractivity contribution is 7.89. The molecular formula is C16H22F3N7O3S. The maximum absolute atomic E-state index is 12.8. The van der Waals surface area contributed by atoms with Crippen LogP contribution in [0.3, 0.4) is 0 Å². The first-order valence-corrected chi connectivity index (χ1v) is 10.7. The standard InChI is InChI=1S/C16H22F3N7O3S/c1-11(10-27)8-25-9-14(23-24-25)30(28,29)26-4-2-13(3-5-26)22-15-20-6-12(7-21-15)16(17,18)19/h6-7,9,11,13,27H,2-5,8,10H2,1H3,(H,20,21,22). The number of alkyl halides is 3. The molecule has 1 fully saturated rings. The van der Waals surface area contributed by atoms with Gasteiger partial charge < -0.3 is 10.4 Å². The van der Waals surface area contributed by atoms with Crippen molar-refractivity contribution in [2.45, 2.75) is 43.6 Å². The van der Waals surface area contributed by atoms with Gasteiger partial charge in [-0.1, -0.05) is 12.1 Å². The van der Waals surface area contributed by atoms with Gasteiger partial charge in [-0.15, -0.1) is 5.10 Å². The lowest BCUT2D eigenvalue weighted by atomic mass is 10.1. The van der Waals surface area contributed by atoms with E-state index in [1.807, 2.05) is 0 Å². The van der Waals surface area contributed by atoms with E-state index in [1.165, 1.54) is 15.2 Å². The van der Waals surface area contributed by atoms with Crippen molar-refractivity contribution in [3.63, 3.8) is 0 Å². The largest absolute Gasteiger partial charge is 0.419 e. The van der Waals surface area contributed by atoms with Crippen LogP contribution in [0.5, 0.6) is 0 Å². The Balaban J connectivity index is 1.57. The van der Waals surface area contributed by atoms with E-state index in [0.29, 0.717) is 31.8 Å². The van der Waals surface area contributed by atoms with Crippen LogP contribution in [-0.4, -0.2) is 68.5 Å². The number of aromatic nitrogens is 5. The number of anilines is 1. The molecule has 3 heterocycles. The predicted molar refractivity (Wildman–Crippen MR) is 98.7 cm³/mol. The maximum atomic E-state index is 12.8. The van der Waals surface area contributed by atoms with Gasteiger partial charge in [0.25, 0.3) is 10.0 Å². The molecule has 10 nitrogen and oxygen atoms in total. The minimum absolute atomic E-state index is 0.0505. The first-order chi connectivity index (χ1) is 14.1. The number of hydrogen-bond donors (Lipinski definition) is 2. The number of sulfonamides is 1. The number of hydrogen-bond acceptors (Lipinski definition) is 8. The second-order valence-corrected chi connectivity index (χ2v) is 9.07. The zero-order valence-corrected chi connectivity index (χ0v) is 16.9. The minimum Gasteiger partial charge on any atom is -0.396 e. The molecule has 3 rings (SSSR count). The Morgan fingerprint density at radius 2 is 1.90 bits per heavy atom. The number of nitrogens with one attached hydrogen (secondary N) is 1. The molecule has 0 amide bonds. The summed E-state index contributed by atoms with van der Waals surface area (Å²) in [5, 5.41) is 19.4. The summed E-state index contributed by atoms with van der Waals surface area (Å²) >= 11 is 0. The number of halogens is 3. The normalized spacial score (nSPS) is 17.8. The molecule has 1 unspecified atom stereocenters. The van der Waals surface area contributed by atoms with Gasteiger partial charge in [0.1, 0.15) is 0 Å². The summed E-state index contributed by atoms with van der Waals surface area (Å²) in [4.78, 5) is 7.35. The highest BCUT2D eigenvalue weighted by Crippen LogP contribution is 2.28. The van der Waals surface area contributed by atoms with E-state index in [2.05, 4.69) is 25.6 Å². The van der Waals surface area contributed by atoms with Crippen LogP contribution in [0.1, 0.15) is 25.3 Å². The Morgan fingerprint density at radius 1 is 1.27 bits per heavy atom. The fraction of sp³-hybridized carbons (Fsp3) is 0.625. The van der Waals surface area contributed by atoms with Crippen LogP contribution >= 0.6 is 0 Å². The third-order valence-electron chi connectivity index (χ3n) is 4.70. The van der Waals surface area contributed by atoms with Crippen LogP contribution in [-0.2, 0) is 22.7 Å². The lowest BCUT2D eigenvalue weighted by Gasteiger charge is -2.30. The summed E-state index contributed by atoms with van der Waals surface area (Å²) in [6, 6.07) is -0.172. The molecule has 1 atom stereocenters. The molecular weight excluding hydrogens is 427 g/mol. The van der Waals surface area contributed by atoms with Gasteiger partial charge in [-0.3, -0.25) is 4.68 Å². The zero-order chi connectivity index (χ0) is 21.9. The van der Waals surface area contributed by atoms with Gasteiger partial charge in [0.2, 0.25) is 11.0 Å². The monoisotopic (exact) mass is 449 g/mol. The average Bonchev–Trinajstić information content (AvgIpc) is 3.17. The third-order valence-corrected chi connectivity index (χ3v) is 6.46. The van der Waals surface area contributed by atoms with Crippen molar-refractivity contribution < 1.29 is 26.7 Å². The number of rotatable bonds is 7. The first-order valence-electron chi connectivity index (χ1n) is 9.26. The lowest BCUT2D eigenvalue weighted by molar-refractivity contribution is -0.138. The van der Waals surface area contributed by atoms with Gasteiger partial charge >= 0.3 is 6.18 Å². The minimum atomic E-state index is -4.50. The summed E-state index contributed by atoms with van der Waals surface area (Å²) in [7, 11) is -3.81. The Bertz CT molecular complexity index is 942. The van der Waals surface area contributed by atoms with E-state index in [9.17, 15) is 21.6 Å². The van der Waals surface area contributed by atoms with Crippen molar-refractivity contribution in [1.82, 2.24) is 29.3 Å². The highest BCUT2D eigenvalue weighted by Gasteiger charge is 2.33. The molecule has 1 saturated heterocycles. The third kappa shape index (κ3) is 5.23. The van der Waals surface area contributed by atoms with Gasteiger partial charge in [0.15, 0.2) is 0 Å². The highest BCUT2D eigenvalue weighted by atomic mass is 32.2. The van der Waals surface area contributed by atoms with Gasteiger partial charge in [-0.25, -0.2) is 18.4 Å². The second kappa shape index (κ2) is 8.81.